The molecule has 4 atom stereocenters. The molecule has 1 aromatic carbocycles. The van der Waals surface area contributed by atoms with Gasteiger partial charge < -0.3 is 54.7 Å². The van der Waals surface area contributed by atoms with Gasteiger partial charge in [-0.25, -0.2) is 4.79 Å². The van der Waals surface area contributed by atoms with Crippen LogP contribution in [0.15, 0.2) is 35.5 Å². The summed E-state index contributed by atoms with van der Waals surface area (Å²) < 4.78 is 0. The van der Waals surface area contributed by atoms with E-state index in [1.807, 2.05) is 18.2 Å². The normalized spacial score (nSPS) is 13.6. The minimum absolute atomic E-state index is 0.0224. The fourth-order valence-corrected chi connectivity index (χ4v) is 4.18. The van der Waals surface area contributed by atoms with Crippen LogP contribution in [0.1, 0.15) is 37.7 Å². The van der Waals surface area contributed by atoms with E-state index >= 15 is 0 Å². The van der Waals surface area contributed by atoms with Gasteiger partial charge in [-0.05, 0) is 30.9 Å². The lowest BCUT2D eigenvalue weighted by Gasteiger charge is -2.25. The molecule has 5 amide bonds. The highest BCUT2D eigenvalue weighted by Crippen LogP contribution is 2.19. The summed E-state index contributed by atoms with van der Waals surface area (Å²) in [5, 5.41) is 17.7. The number of aliphatic imine (C=N–C) groups is 1. The number of carbonyl (C=O) groups is 6. The summed E-state index contributed by atoms with van der Waals surface area (Å²) in [5.74, 6) is -5.65. The molecule has 0 bridgehead atoms. The van der Waals surface area contributed by atoms with Crippen molar-refractivity contribution in [3.05, 3.63) is 36.0 Å². The van der Waals surface area contributed by atoms with Crippen molar-refractivity contribution in [2.45, 2.75) is 62.7 Å². The van der Waals surface area contributed by atoms with Gasteiger partial charge in [0.15, 0.2) is 5.96 Å². The predicted molar refractivity (Wildman–Crippen MR) is 156 cm³/mol. The van der Waals surface area contributed by atoms with Gasteiger partial charge in [0.05, 0.1) is 12.5 Å². The van der Waals surface area contributed by atoms with Crippen molar-refractivity contribution in [3.8, 4) is 0 Å². The Morgan fingerprint density at radius 2 is 1.47 bits per heavy atom. The maximum atomic E-state index is 13.6. The summed E-state index contributed by atoms with van der Waals surface area (Å²) in [6, 6.07) is 1.88. The van der Waals surface area contributed by atoms with Gasteiger partial charge in [0.25, 0.3) is 0 Å². The van der Waals surface area contributed by atoms with Crippen molar-refractivity contribution >= 4 is 52.4 Å². The number of guanidine groups is 1. The standard InChI is InChI=1S/C26H38N10O7/c27-15(11-21(29)38)22(39)36-19(10-13-12-33-16-5-2-1-4-14(13)16)24(41)34-17(6-3-9-32-26(30)31)23(40)35-18(25(42)43)7-8-20(28)37/h1-2,4-5,12,15,17-19,33H,3,6-11,27H2,(H2,28,37)(H2,29,38)(H,34,41)(H,35,40)(H,36,39)(H,42,43)(H4,30,31,32). The number of nitrogens with two attached hydrogens (primary N) is 5. The number of amides is 5. The first-order chi connectivity index (χ1) is 20.3. The molecule has 1 aromatic heterocycles. The lowest BCUT2D eigenvalue weighted by atomic mass is 10.0. The number of H-pyrrole nitrogens is 1. The Morgan fingerprint density at radius 3 is 2.09 bits per heavy atom. The van der Waals surface area contributed by atoms with Crippen LogP contribution in [0.3, 0.4) is 0 Å². The van der Waals surface area contributed by atoms with E-state index in [0.717, 1.165) is 10.9 Å². The Bertz CT molecular complexity index is 1350. The minimum atomic E-state index is -1.47. The molecule has 15 N–H and O–H groups in total. The van der Waals surface area contributed by atoms with E-state index < -0.39 is 66.1 Å². The molecule has 17 heteroatoms. The van der Waals surface area contributed by atoms with E-state index in [9.17, 15) is 33.9 Å². The Morgan fingerprint density at radius 1 is 0.837 bits per heavy atom. The van der Waals surface area contributed by atoms with E-state index in [1.54, 1.807) is 12.3 Å². The molecule has 0 aliphatic carbocycles. The second kappa shape index (κ2) is 16.3. The molecular formula is C26H38N10O7. The first-order valence-electron chi connectivity index (χ1n) is 13.3. The average molecular weight is 603 g/mol. The van der Waals surface area contributed by atoms with Crippen molar-refractivity contribution in [1.29, 1.82) is 0 Å². The number of carboxylic acid groups (broad SMARTS) is 1. The number of fused-ring (bicyclic) bond motifs is 1. The third-order valence-electron chi connectivity index (χ3n) is 6.36. The third-order valence-corrected chi connectivity index (χ3v) is 6.36. The molecule has 0 radical (unpaired) electrons. The average Bonchev–Trinajstić information content (AvgIpc) is 3.33. The number of aliphatic carboxylic acids is 1. The monoisotopic (exact) mass is 602 g/mol. The number of hydrogen-bond acceptors (Lipinski definition) is 8. The highest BCUT2D eigenvalue weighted by Gasteiger charge is 2.31. The maximum Gasteiger partial charge on any atom is 0.326 e. The molecule has 2 aromatic rings. The zero-order valence-electron chi connectivity index (χ0n) is 23.4. The summed E-state index contributed by atoms with van der Waals surface area (Å²) in [4.78, 5) is 80.6. The SMILES string of the molecule is NC(=O)CCC(NC(=O)C(CCCN=C(N)N)NC(=O)C(Cc1c[nH]c2ccccc12)NC(=O)C(N)CC(N)=O)C(=O)O. The number of carbonyl (C=O) groups excluding carboxylic acids is 5. The van der Waals surface area contributed by atoms with Gasteiger partial charge in [0.1, 0.15) is 18.1 Å². The second-order valence-corrected chi connectivity index (χ2v) is 9.82. The van der Waals surface area contributed by atoms with Crippen LogP contribution in [0.2, 0.25) is 0 Å². The number of hydrogen-bond donors (Lipinski definition) is 10. The zero-order chi connectivity index (χ0) is 32.1. The zero-order valence-corrected chi connectivity index (χ0v) is 23.4. The van der Waals surface area contributed by atoms with Crippen molar-refractivity contribution in [2.75, 3.05) is 6.54 Å². The summed E-state index contributed by atoms with van der Waals surface area (Å²) in [6.07, 6.45) is 0.763. The number of carboxylic acids is 1. The number of rotatable bonds is 18. The van der Waals surface area contributed by atoms with Gasteiger partial charge >= 0.3 is 5.97 Å². The molecule has 0 saturated carbocycles. The lowest BCUT2D eigenvalue weighted by Crippen LogP contribution is -2.57. The molecule has 1 heterocycles. The molecule has 0 aliphatic rings. The van der Waals surface area contributed by atoms with Crippen molar-refractivity contribution in [2.24, 2.45) is 33.7 Å². The van der Waals surface area contributed by atoms with E-state index in [1.165, 1.54) is 0 Å². The molecule has 234 valence electrons. The van der Waals surface area contributed by atoms with Crippen molar-refractivity contribution < 1.29 is 33.9 Å². The fourth-order valence-electron chi connectivity index (χ4n) is 4.18. The van der Waals surface area contributed by atoms with Crippen LogP contribution in [0.25, 0.3) is 10.9 Å². The van der Waals surface area contributed by atoms with Crippen molar-refractivity contribution in [3.63, 3.8) is 0 Å². The smallest absolute Gasteiger partial charge is 0.326 e. The number of primary amides is 2. The highest BCUT2D eigenvalue weighted by molar-refractivity contribution is 5.95. The number of aromatic nitrogens is 1. The number of para-hydroxylation sites is 1. The molecule has 4 unspecified atom stereocenters. The summed E-state index contributed by atoms with van der Waals surface area (Å²) in [5.41, 5.74) is 28.2. The van der Waals surface area contributed by atoms with E-state index in [0.29, 0.717) is 5.56 Å². The number of nitrogens with zero attached hydrogens (tertiary/aromatic N) is 1. The highest BCUT2D eigenvalue weighted by atomic mass is 16.4. The van der Waals surface area contributed by atoms with Gasteiger partial charge in [-0.15, -0.1) is 0 Å². The Labute approximate surface area is 246 Å². The van der Waals surface area contributed by atoms with E-state index in [4.69, 9.17) is 28.7 Å². The molecule has 2 rings (SSSR count). The van der Waals surface area contributed by atoms with Crippen molar-refractivity contribution in [1.82, 2.24) is 20.9 Å². The summed E-state index contributed by atoms with van der Waals surface area (Å²) >= 11 is 0. The molecule has 0 aliphatic heterocycles. The van der Waals surface area contributed by atoms with Gasteiger partial charge in [-0.1, -0.05) is 18.2 Å². The summed E-state index contributed by atoms with van der Waals surface area (Å²) in [7, 11) is 0. The fraction of sp³-hybridized carbons (Fsp3) is 0.423. The number of nitrogens with one attached hydrogen (secondary N) is 4. The Kier molecular flexibility index (Phi) is 12.9. The van der Waals surface area contributed by atoms with Gasteiger partial charge in [-0.2, -0.15) is 0 Å². The Hall–Kier alpha value is -5.19. The van der Waals surface area contributed by atoms with Crippen LogP contribution in [0.5, 0.6) is 0 Å². The summed E-state index contributed by atoms with van der Waals surface area (Å²) in [6.45, 7) is 0.101. The molecule has 0 spiro atoms. The third kappa shape index (κ3) is 11.3. The topological polar surface area (TPSA) is 317 Å². The largest absolute Gasteiger partial charge is 0.480 e. The molecular weight excluding hydrogens is 564 g/mol. The van der Waals surface area contributed by atoms with E-state index in [2.05, 4.69) is 25.9 Å². The molecule has 0 fully saturated rings. The van der Waals surface area contributed by atoms with Gasteiger partial charge in [-0.3, -0.25) is 29.0 Å². The first kappa shape index (κ1) is 34.0. The van der Waals surface area contributed by atoms with Gasteiger partial charge in [0.2, 0.25) is 29.5 Å². The predicted octanol–water partition coefficient (Wildman–Crippen LogP) is -3.23. The van der Waals surface area contributed by atoms with Crippen LogP contribution in [-0.4, -0.2) is 82.3 Å². The lowest BCUT2D eigenvalue weighted by molar-refractivity contribution is -0.142. The quantitative estimate of drug-likeness (QED) is 0.0462. The first-order valence-corrected chi connectivity index (χ1v) is 13.3. The second-order valence-electron chi connectivity index (χ2n) is 9.82. The number of aromatic amines is 1. The molecule has 0 saturated heterocycles. The van der Waals surface area contributed by atoms with E-state index in [-0.39, 0.29) is 44.6 Å². The van der Waals surface area contributed by atoms with Crippen LogP contribution >= 0.6 is 0 Å². The minimum Gasteiger partial charge on any atom is -0.480 e. The van der Waals surface area contributed by atoms with Crippen LogP contribution in [0.4, 0.5) is 0 Å². The number of benzene rings is 1. The van der Waals surface area contributed by atoms with Gasteiger partial charge in [0, 0.05) is 36.5 Å². The van der Waals surface area contributed by atoms with Crippen LogP contribution in [-0.2, 0) is 35.2 Å². The van der Waals surface area contributed by atoms with Crippen LogP contribution < -0.4 is 44.6 Å². The Balaban J connectivity index is 2.33. The molecule has 43 heavy (non-hydrogen) atoms. The van der Waals surface area contributed by atoms with Crippen LogP contribution in [0, 0.1) is 0 Å². The molecule has 17 nitrogen and oxygen atoms in total. The maximum absolute atomic E-state index is 13.6.